The molecule has 0 spiro atoms. The van der Waals surface area contributed by atoms with Crippen molar-refractivity contribution in [3.05, 3.63) is 36.4 Å². The summed E-state index contributed by atoms with van der Waals surface area (Å²) in [6, 6.07) is 7.03. The van der Waals surface area contributed by atoms with Crippen LogP contribution in [0.25, 0.3) is 0 Å². The van der Waals surface area contributed by atoms with Crippen LogP contribution >= 0.6 is 0 Å². The van der Waals surface area contributed by atoms with E-state index in [1.807, 2.05) is 13.0 Å². The normalized spacial score (nSPS) is 37.2. The summed E-state index contributed by atoms with van der Waals surface area (Å²) >= 11 is 0. The molecule has 0 saturated heterocycles. The maximum atomic E-state index is 10.6. The first-order chi connectivity index (χ1) is 12.4. The fourth-order valence-electron chi connectivity index (χ4n) is 5.35. The van der Waals surface area contributed by atoms with E-state index in [-0.39, 0.29) is 12.4 Å². The first kappa shape index (κ1) is 19.2. The Labute approximate surface area is 156 Å². The van der Waals surface area contributed by atoms with Gasteiger partial charge in [0, 0.05) is 5.41 Å². The van der Waals surface area contributed by atoms with Gasteiger partial charge in [0.1, 0.15) is 0 Å². The van der Waals surface area contributed by atoms with E-state index in [4.69, 9.17) is 4.74 Å². The van der Waals surface area contributed by atoms with Crippen LogP contribution in [0.3, 0.4) is 0 Å². The van der Waals surface area contributed by atoms with Gasteiger partial charge in [0.2, 0.25) is 0 Å². The predicted octanol–water partition coefficient (Wildman–Crippen LogP) is 3.76. The first-order valence-electron chi connectivity index (χ1n) is 9.76. The molecular weight excluding hydrogens is 328 g/mol. The van der Waals surface area contributed by atoms with Crippen molar-refractivity contribution in [3.63, 3.8) is 0 Å². The number of allylic oxidation sites excluding steroid dienone is 1. The molecule has 6 atom stereocenters. The Hall–Kier alpha value is -1.52. The standard InChI is InChI=1S/C22H32O4/c1-14-8-9-17-21(15(2)12-20(25)22(17,3)13-23)16(14)10-11-26-19-7-5-4-6-18(19)24/h4-7,15-17,20-21,23-25H,1,8-13H2,2-3H3/t15?,16-,17?,20+,21-,22-/m0/s1. The summed E-state index contributed by atoms with van der Waals surface area (Å²) in [5.74, 6) is 2.10. The number of hydrogen-bond donors (Lipinski definition) is 3. The minimum absolute atomic E-state index is 0.0234. The molecule has 3 N–H and O–H groups in total. The van der Waals surface area contributed by atoms with Crippen molar-refractivity contribution in [2.45, 2.75) is 45.6 Å². The Kier molecular flexibility index (Phi) is 5.64. The second-order valence-electron chi connectivity index (χ2n) is 8.48. The topological polar surface area (TPSA) is 69.9 Å². The molecular formula is C22H32O4. The van der Waals surface area contributed by atoms with E-state index in [9.17, 15) is 15.3 Å². The maximum absolute atomic E-state index is 10.6. The Morgan fingerprint density at radius 1 is 1.31 bits per heavy atom. The molecule has 0 aromatic heterocycles. The van der Waals surface area contributed by atoms with Gasteiger partial charge in [-0.15, -0.1) is 0 Å². The molecule has 0 radical (unpaired) electrons. The summed E-state index contributed by atoms with van der Waals surface area (Å²) in [4.78, 5) is 0. The van der Waals surface area contributed by atoms with Gasteiger partial charge < -0.3 is 20.1 Å². The van der Waals surface area contributed by atoms with E-state index < -0.39 is 11.5 Å². The molecule has 144 valence electrons. The van der Waals surface area contributed by atoms with Crippen LogP contribution in [0, 0.1) is 29.1 Å². The number of aliphatic hydroxyl groups excluding tert-OH is 2. The molecule has 4 nitrogen and oxygen atoms in total. The van der Waals surface area contributed by atoms with Crippen LogP contribution in [0.4, 0.5) is 0 Å². The zero-order valence-corrected chi connectivity index (χ0v) is 15.9. The maximum Gasteiger partial charge on any atom is 0.160 e. The molecule has 1 aromatic carbocycles. The monoisotopic (exact) mass is 360 g/mol. The zero-order chi connectivity index (χ0) is 18.9. The van der Waals surface area contributed by atoms with Crippen molar-refractivity contribution in [1.82, 2.24) is 0 Å². The van der Waals surface area contributed by atoms with Crippen molar-refractivity contribution in [1.29, 1.82) is 0 Å². The van der Waals surface area contributed by atoms with E-state index in [0.717, 1.165) is 25.7 Å². The number of aliphatic hydroxyl groups is 2. The van der Waals surface area contributed by atoms with Gasteiger partial charge in [0.25, 0.3) is 0 Å². The van der Waals surface area contributed by atoms with Crippen LogP contribution in [0.5, 0.6) is 11.5 Å². The first-order valence-corrected chi connectivity index (χ1v) is 9.76. The lowest BCUT2D eigenvalue weighted by Gasteiger charge is -2.56. The van der Waals surface area contributed by atoms with Crippen LogP contribution in [0.15, 0.2) is 36.4 Å². The Morgan fingerprint density at radius 3 is 2.73 bits per heavy atom. The number of hydrogen-bond acceptors (Lipinski definition) is 4. The number of benzene rings is 1. The minimum atomic E-state index is -0.451. The van der Waals surface area contributed by atoms with Crippen molar-refractivity contribution < 1.29 is 20.1 Å². The van der Waals surface area contributed by atoms with Crippen LogP contribution in [0.2, 0.25) is 0 Å². The van der Waals surface area contributed by atoms with E-state index in [1.165, 1.54) is 5.57 Å². The smallest absolute Gasteiger partial charge is 0.160 e. The third-order valence-corrected chi connectivity index (χ3v) is 6.98. The fraction of sp³-hybridized carbons (Fsp3) is 0.636. The van der Waals surface area contributed by atoms with Crippen molar-refractivity contribution in [2.24, 2.45) is 29.1 Å². The van der Waals surface area contributed by atoms with Gasteiger partial charge >= 0.3 is 0 Å². The zero-order valence-electron chi connectivity index (χ0n) is 15.9. The summed E-state index contributed by atoms with van der Waals surface area (Å²) < 4.78 is 5.81. The average Bonchev–Trinajstić information content (AvgIpc) is 2.62. The van der Waals surface area contributed by atoms with Gasteiger partial charge in [0.15, 0.2) is 11.5 Å². The van der Waals surface area contributed by atoms with Crippen LogP contribution in [-0.2, 0) is 0 Å². The lowest BCUT2D eigenvalue weighted by atomic mass is 9.50. The highest BCUT2D eigenvalue weighted by atomic mass is 16.5. The molecule has 2 aliphatic carbocycles. The van der Waals surface area contributed by atoms with E-state index in [0.29, 0.717) is 36.0 Å². The second kappa shape index (κ2) is 7.61. The quantitative estimate of drug-likeness (QED) is 0.699. The SMILES string of the molecule is C=C1CCC2[C@@H](C(C)C[C@@H](O)[C@@]2(C)CO)[C@H]1CCOc1ccccc1O. The van der Waals surface area contributed by atoms with Crippen molar-refractivity contribution >= 4 is 0 Å². The highest BCUT2D eigenvalue weighted by Crippen LogP contribution is 2.56. The van der Waals surface area contributed by atoms with Gasteiger partial charge in [-0.3, -0.25) is 0 Å². The van der Waals surface area contributed by atoms with Gasteiger partial charge in [-0.05, 0) is 61.5 Å². The van der Waals surface area contributed by atoms with E-state index >= 15 is 0 Å². The molecule has 4 heteroatoms. The van der Waals surface area contributed by atoms with Gasteiger partial charge in [-0.25, -0.2) is 0 Å². The van der Waals surface area contributed by atoms with Crippen LogP contribution < -0.4 is 4.74 Å². The number of aromatic hydroxyl groups is 1. The lowest BCUT2D eigenvalue weighted by molar-refractivity contribution is -0.135. The molecule has 0 heterocycles. The molecule has 1 aromatic rings. The summed E-state index contributed by atoms with van der Waals surface area (Å²) in [5.41, 5.74) is 0.824. The number of fused-ring (bicyclic) bond motifs is 1. The lowest BCUT2D eigenvalue weighted by Crippen LogP contribution is -2.55. The highest BCUT2D eigenvalue weighted by molar-refractivity contribution is 5.37. The molecule has 0 bridgehead atoms. The summed E-state index contributed by atoms with van der Waals surface area (Å²) in [6.45, 7) is 9.12. The fourth-order valence-corrected chi connectivity index (χ4v) is 5.35. The molecule has 2 aliphatic rings. The van der Waals surface area contributed by atoms with Gasteiger partial charge in [-0.1, -0.05) is 38.1 Å². The van der Waals surface area contributed by atoms with E-state index in [2.05, 4.69) is 13.5 Å². The average molecular weight is 360 g/mol. The highest BCUT2D eigenvalue weighted by Gasteiger charge is 2.53. The molecule has 2 unspecified atom stereocenters. The Bertz CT molecular complexity index is 643. The number of para-hydroxylation sites is 2. The Balaban J connectivity index is 1.73. The summed E-state index contributed by atoms with van der Waals surface area (Å²) in [6.07, 6.45) is 3.04. The molecule has 0 aliphatic heterocycles. The largest absolute Gasteiger partial charge is 0.504 e. The second-order valence-corrected chi connectivity index (χ2v) is 8.48. The van der Waals surface area contributed by atoms with Gasteiger partial charge in [0.05, 0.1) is 19.3 Å². The van der Waals surface area contributed by atoms with Gasteiger partial charge in [-0.2, -0.15) is 0 Å². The third kappa shape index (κ3) is 3.37. The predicted molar refractivity (Wildman–Crippen MR) is 102 cm³/mol. The van der Waals surface area contributed by atoms with E-state index in [1.54, 1.807) is 18.2 Å². The number of ether oxygens (including phenoxy) is 1. The molecule has 0 amide bonds. The summed E-state index contributed by atoms with van der Waals surface area (Å²) in [7, 11) is 0. The third-order valence-electron chi connectivity index (χ3n) is 6.98. The van der Waals surface area contributed by atoms with Crippen LogP contribution in [-0.4, -0.2) is 34.6 Å². The number of rotatable bonds is 5. The summed E-state index contributed by atoms with van der Waals surface area (Å²) in [5, 5.41) is 30.5. The number of phenolic OH excluding ortho intramolecular Hbond substituents is 1. The molecule has 3 rings (SSSR count). The van der Waals surface area contributed by atoms with Crippen molar-refractivity contribution in [3.8, 4) is 11.5 Å². The van der Waals surface area contributed by atoms with Crippen LogP contribution in [0.1, 0.15) is 39.5 Å². The molecule has 26 heavy (non-hydrogen) atoms. The molecule has 2 saturated carbocycles. The molecule has 2 fully saturated rings. The number of phenols is 1. The van der Waals surface area contributed by atoms with Crippen molar-refractivity contribution in [2.75, 3.05) is 13.2 Å². The Morgan fingerprint density at radius 2 is 2.04 bits per heavy atom. The minimum Gasteiger partial charge on any atom is -0.504 e.